The summed E-state index contributed by atoms with van der Waals surface area (Å²) in [6.07, 6.45) is 1.89. The molecule has 2 amide bonds. The minimum absolute atomic E-state index is 0.0459. The zero-order chi connectivity index (χ0) is 25.7. The molecule has 1 saturated heterocycles. The summed E-state index contributed by atoms with van der Waals surface area (Å²) in [6, 6.07) is 13.5. The van der Waals surface area contributed by atoms with Crippen LogP contribution >= 0.6 is 11.6 Å². The Kier molecular flexibility index (Phi) is 8.40. The van der Waals surface area contributed by atoms with Crippen molar-refractivity contribution in [2.24, 2.45) is 0 Å². The van der Waals surface area contributed by atoms with Crippen LogP contribution < -0.4 is 5.32 Å². The third-order valence-electron chi connectivity index (χ3n) is 6.44. The van der Waals surface area contributed by atoms with Gasteiger partial charge in [0.15, 0.2) is 0 Å². The van der Waals surface area contributed by atoms with Crippen molar-refractivity contribution in [1.29, 1.82) is 0 Å². The molecule has 2 heterocycles. The fraction of sp³-hybridized carbons (Fsp3) is 0.370. The Bertz CT molecular complexity index is 1220. The van der Waals surface area contributed by atoms with Crippen LogP contribution in [0, 0.1) is 13.8 Å². The molecule has 0 radical (unpaired) electrons. The highest BCUT2D eigenvalue weighted by molar-refractivity contribution is 6.30. The molecule has 0 aliphatic carbocycles. The van der Waals surface area contributed by atoms with E-state index in [0.717, 1.165) is 29.9 Å². The third kappa shape index (κ3) is 6.51. The van der Waals surface area contributed by atoms with E-state index in [1.54, 1.807) is 4.90 Å². The van der Waals surface area contributed by atoms with Gasteiger partial charge >= 0.3 is 0 Å². The van der Waals surface area contributed by atoms with Crippen LogP contribution in [0.1, 0.15) is 18.1 Å². The van der Waals surface area contributed by atoms with Gasteiger partial charge in [0.05, 0.1) is 25.5 Å². The highest BCUT2D eigenvalue weighted by Gasteiger charge is 2.19. The molecule has 0 unspecified atom stereocenters. The van der Waals surface area contributed by atoms with E-state index >= 15 is 0 Å². The summed E-state index contributed by atoms with van der Waals surface area (Å²) in [6.45, 7) is 9.78. The van der Waals surface area contributed by atoms with Crippen LogP contribution in [0.25, 0.3) is 16.9 Å². The van der Waals surface area contributed by atoms with E-state index in [0.29, 0.717) is 43.0 Å². The Morgan fingerprint density at radius 3 is 2.47 bits per heavy atom. The highest BCUT2D eigenvalue weighted by atomic mass is 35.5. The van der Waals surface area contributed by atoms with Crippen molar-refractivity contribution < 1.29 is 14.3 Å². The molecule has 0 saturated carbocycles. The number of benzene rings is 2. The second-order valence-electron chi connectivity index (χ2n) is 9.04. The maximum absolute atomic E-state index is 13.1. The second kappa shape index (κ2) is 11.7. The van der Waals surface area contributed by atoms with Crippen LogP contribution in [0.5, 0.6) is 0 Å². The molecule has 1 aromatic heterocycles. The topological polar surface area (TPSA) is 79.7 Å². The summed E-state index contributed by atoms with van der Waals surface area (Å²) in [5.74, 6) is -0.0480. The minimum Gasteiger partial charge on any atom is -0.379 e. The normalized spacial score (nSPS) is 14.0. The number of imidazole rings is 1. The molecule has 2 aromatic carbocycles. The van der Waals surface area contributed by atoms with Crippen molar-refractivity contribution in [2.45, 2.75) is 20.8 Å². The molecular weight excluding hydrogens is 478 g/mol. The van der Waals surface area contributed by atoms with Crippen molar-refractivity contribution in [2.75, 3.05) is 51.3 Å². The number of halogens is 1. The van der Waals surface area contributed by atoms with Gasteiger partial charge in [0.25, 0.3) is 0 Å². The number of amides is 2. The highest BCUT2D eigenvalue weighted by Crippen LogP contribution is 2.26. The van der Waals surface area contributed by atoms with Gasteiger partial charge in [-0.05, 0) is 49.2 Å². The summed E-state index contributed by atoms with van der Waals surface area (Å²) < 4.78 is 7.25. The number of aromatic nitrogens is 2. The van der Waals surface area contributed by atoms with E-state index in [1.165, 1.54) is 12.5 Å². The molecule has 4 rings (SSSR count). The summed E-state index contributed by atoms with van der Waals surface area (Å²) in [4.78, 5) is 33.8. The second-order valence-corrected chi connectivity index (χ2v) is 9.47. The Morgan fingerprint density at radius 2 is 1.81 bits per heavy atom. The zero-order valence-corrected chi connectivity index (χ0v) is 21.7. The van der Waals surface area contributed by atoms with Crippen LogP contribution in [0.15, 0.2) is 48.7 Å². The predicted octanol–water partition coefficient (Wildman–Crippen LogP) is 3.93. The lowest BCUT2D eigenvalue weighted by atomic mass is 10.1. The fourth-order valence-electron chi connectivity index (χ4n) is 4.07. The Labute approximate surface area is 216 Å². The summed E-state index contributed by atoms with van der Waals surface area (Å²) >= 11 is 6.06. The summed E-state index contributed by atoms with van der Waals surface area (Å²) in [5, 5.41) is 3.57. The van der Waals surface area contributed by atoms with E-state index in [4.69, 9.17) is 21.3 Å². The minimum atomic E-state index is -0.300. The average Bonchev–Trinajstić information content (AvgIpc) is 3.27. The third-order valence-corrected chi connectivity index (χ3v) is 6.69. The van der Waals surface area contributed by atoms with Crippen molar-refractivity contribution in [3.63, 3.8) is 0 Å². The first-order valence-corrected chi connectivity index (χ1v) is 12.5. The van der Waals surface area contributed by atoms with E-state index < -0.39 is 0 Å². The quantitative estimate of drug-likeness (QED) is 0.497. The Morgan fingerprint density at radius 1 is 1.08 bits per heavy atom. The number of carbonyl (C=O) groups excluding carboxylic acids is 2. The molecule has 9 heteroatoms. The lowest BCUT2D eigenvalue weighted by Crippen LogP contribution is -2.44. The van der Waals surface area contributed by atoms with Gasteiger partial charge in [0.2, 0.25) is 17.8 Å². The van der Waals surface area contributed by atoms with E-state index in [1.807, 2.05) is 54.1 Å². The molecule has 3 aromatic rings. The summed E-state index contributed by atoms with van der Waals surface area (Å²) in [7, 11) is 0. The van der Waals surface area contributed by atoms with Crippen LogP contribution in [-0.4, -0.2) is 77.1 Å². The number of morpholine rings is 1. The number of nitrogens with one attached hydrogen (secondary N) is 1. The van der Waals surface area contributed by atoms with Crippen molar-refractivity contribution >= 4 is 29.4 Å². The van der Waals surface area contributed by atoms with E-state index in [2.05, 4.69) is 23.2 Å². The lowest BCUT2D eigenvalue weighted by Gasteiger charge is -2.29. The van der Waals surface area contributed by atoms with Gasteiger partial charge in [0, 0.05) is 55.6 Å². The number of hydrogen-bond donors (Lipinski definition) is 1. The number of aryl methyl sites for hydroxylation is 2. The van der Waals surface area contributed by atoms with Gasteiger partial charge in [0.1, 0.15) is 0 Å². The first kappa shape index (κ1) is 25.9. The van der Waals surface area contributed by atoms with E-state index in [9.17, 15) is 9.59 Å². The zero-order valence-electron chi connectivity index (χ0n) is 21.0. The van der Waals surface area contributed by atoms with Crippen LogP contribution in [0.3, 0.4) is 0 Å². The number of nitrogens with zero attached hydrogens (tertiary/aromatic N) is 4. The molecular formula is C27H32ClN5O3. The lowest BCUT2D eigenvalue weighted by molar-refractivity contribution is -0.133. The number of hydrogen-bond acceptors (Lipinski definition) is 5. The average molecular weight is 510 g/mol. The van der Waals surface area contributed by atoms with Crippen molar-refractivity contribution in [3.8, 4) is 16.9 Å². The first-order chi connectivity index (χ1) is 17.3. The van der Waals surface area contributed by atoms with Crippen LogP contribution in [0.4, 0.5) is 5.95 Å². The molecule has 1 aliphatic heterocycles. The number of rotatable bonds is 8. The smallest absolute Gasteiger partial charge is 0.246 e. The molecule has 36 heavy (non-hydrogen) atoms. The molecule has 1 fully saturated rings. The Balaban J connectivity index is 1.54. The fourth-order valence-corrected chi connectivity index (χ4v) is 4.20. The standard InChI is InChI=1S/C27H32ClN5O3/c1-19-4-9-24(16-20(19)2)33-17-25(22-5-7-23(28)8-6-22)29-27(33)30-26(35)18-32(21(3)34)11-10-31-12-14-36-15-13-31/h4-9,16-17H,10-15,18H2,1-3H3,(H,29,30,35). The SMILES string of the molecule is CC(=O)N(CCN1CCOCC1)CC(=O)Nc1nc(-c2ccc(Cl)cc2)cn1-c1ccc(C)c(C)c1. The Hall–Kier alpha value is -3.20. The van der Waals surface area contributed by atoms with Gasteiger partial charge in [-0.15, -0.1) is 0 Å². The monoisotopic (exact) mass is 509 g/mol. The van der Waals surface area contributed by atoms with Gasteiger partial charge in [-0.1, -0.05) is 29.8 Å². The molecule has 0 bridgehead atoms. The predicted molar refractivity (Wildman–Crippen MR) is 142 cm³/mol. The molecule has 8 nitrogen and oxygen atoms in total. The number of carbonyl (C=O) groups is 2. The van der Waals surface area contributed by atoms with Gasteiger partial charge in [-0.25, -0.2) is 4.98 Å². The van der Waals surface area contributed by atoms with Crippen LogP contribution in [0.2, 0.25) is 5.02 Å². The summed E-state index contributed by atoms with van der Waals surface area (Å²) in [5.41, 5.74) is 4.79. The largest absolute Gasteiger partial charge is 0.379 e. The maximum atomic E-state index is 13.1. The first-order valence-electron chi connectivity index (χ1n) is 12.1. The molecule has 1 aliphatic rings. The van der Waals surface area contributed by atoms with Gasteiger partial charge < -0.3 is 9.64 Å². The molecule has 1 N–H and O–H groups in total. The van der Waals surface area contributed by atoms with Crippen LogP contribution in [-0.2, 0) is 14.3 Å². The number of anilines is 1. The number of ether oxygens (including phenoxy) is 1. The maximum Gasteiger partial charge on any atom is 0.246 e. The van der Waals surface area contributed by atoms with Crippen molar-refractivity contribution in [1.82, 2.24) is 19.4 Å². The van der Waals surface area contributed by atoms with Crippen molar-refractivity contribution in [3.05, 3.63) is 64.8 Å². The molecule has 190 valence electrons. The van der Waals surface area contributed by atoms with Gasteiger partial charge in [-0.3, -0.25) is 24.4 Å². The van der Waals surface area contributed by atoms with Gasteiger partial charge in [-0.2, -0.15) is 0 Å². The molecule has 0 atom stereocenters. The molecule has 0 spiro atoms. The van der Waals surface area contributed by atoms with E-state index in [-0.39, 0.29) is 18.4 Å².